The first kappa shape index (κ1) is 16.4. The summed E-state index contributed by atoms with van der Waals surface area (Å²) in [4.78, 5) is 14.4. The maximum absolute atomic E-state index is 12.4. The fraction of sp³-hybridized carbons (Fsp3) is 0.278. The fourth-order valence-corrected chi connectivity index (χ4v) is 2.41. The van der Waals surface area contributed by atoms with Crippen molar-refractivity contribution in [1.82, 2.24) is 5.32 Å². The second kappa shape index (κ2) is 6.41. The summed E-state index contributed by atoms with van der Waals surface area (Å²) in [5.41, 5.74) is 2.17. The van der Waals surface area contributed by atoms with Gasteiger partial charge in [-0.3, -0.25) is 4.79 Å². The average molecular weight is 317 g/mol. The molecule has 2 rings (SSSR count). The van der Waals surface area contributed by atoms with Gasteiger partial charge in [0.1, 0.15) is 0 Å². The summed E-state index contributed by atoms with van der Waals surface area (Å²) >= 11 is 6.03. The van der Waals surface area contributed by atoms with Crippen molar-refractivity contribution in [2.75, 3.05) is 19.0 Å². The molecule has 22 heavy (non-hydrogen) atoms. The van der Waals surface area contributed by atoms with E-state index in [-0.39, 0.29) is 5.91 Å². The van der Waals surface area contributed by atoms with Crippen LogP contribution in [0.2, 0.25) is 5.02 Å². The average Bonchev–Trinajstić information content (AvgIpc) is 2.47. The Morgan fingerprint density at radius 1 is 1.09 bits per heavy atom. The van der Waals surface area contributed by atoms with E-state index in [1.807, 2.05) is 81.4 Å². The first-order valence-electron chi connectivity index (χ1n) is 7.15. The highest BCUT2D eigenvalue weighted by Gasteiger charge is 2.23. The lowest BCUT2D eigenvalue weighted by Gasteiger charge is -2.27. The standard InChI is InChI=1S/C18H21ClN2O/c1-18(2,14-6-5-7-15(19)12-14)20-17(22)13-8-10-16(11-9-13)21(3)4/h5-12H,1-4H3,(H,20,22). The molecule has 2 aromatic carbocycles. The van der Waals surface area contributed by atoms with E-state index in [1.54, 1.807) is 0 Å². The summed E-state index contributed by atoms with van der Waals surface area (Å²) in [7, 11) is 3.94. The van der Waals surface area contributed by atoms with E-state index in [2.05, 4.69) is 5.32 Å². The molecule has 0 heterocycles. The zero-order chi connectivity index (χ0) is 16.3. The number of nitrogens with one attached hydrogen (secondary N) is 1. The minimum absolute atomic E-state index is 0.102. The van der Waals surface area contributed by atoms with Crippen LogP contribution < -0.4 is 10.2 Å². The van der Waals surface area contributed by atoms with E-state index in [1.165, 1.54) is 0 Å². The maximum atomic E-state index is 12.4. The third-order valence-corrected chi connectivity index (χ3v) is 3.85. The molecule has 0 fully saturated rings. The molecule has 0 spiro atoms. The monoisotopic (exact) mass is 316 g/mol. The molecule has 116 valence electrons. The molecule has 0 atom stereocenters. The van der Waals surface area contributed by atoms with E-state index >= 15 is 0 Å². The van der Waals surface area contributed by atoms with Gasteiger partial charge in [-0.2, -0.15) is 0 Å². The van der Waals surface area contributed by atoms with Gasteiger partial charge in [0.2, 0.25) is 0 Å². The quantitative estimate of drug-likeness (QED) is 0.922. The summed E-state index contributed by atoms with van der Waals surface area (Å²) in [6.45, 7) is 3.93. The zero-order valence-electron chi connectivity index (χ0n) is 13.4. The SMILES string of the molecule is CN(C)c1ccc(C(=O)NC(C)(C)c2cccc(Cl)c2)cc1. The molecule has 0 aromatic heterocycles. The fourth-order valence-electron chi connectivity index (χ4n) is 2.22. The lowest BCUT2D eigenvalue weighted by atomic mass is 9.94. The van der Waals surface area contributed by atoms with Gasteiger partial charge < -0.3 is 10.2 Å². The molecule has 4 heteroatoms. The van der Waals surface area contributed by atoms with Gasteiger partial charge in [-0.25, -0.2) is 0 Å². The van der Waals surface area contributed by atoms with Crippen LogP contribution in [-0.2, 0) is 5.54 Å². The largest absolute Gasteiger partial charge is 0.378 e. The molecule has 0 bridgehead atoms. The highest BCUT2D eigenvalue weighted by molar-refractivity contribution is 6.30. The number of amides is 1. The normalized spacial score (nSPS) is 11.1. The second-order valence-corrected chi connectivity index (χ2v) is 6.47. The number of carbonyl (C=O) groups is 1. The minimum Gasteiger partial charge on any atom is -0.378 e. The van der Waals surface area contributed by atoms with Crippen molar-refractivity contribution in [2.24, 2.45) is 0 Å². The van der Waals surface area contributed by atoms with Crippen LogP contribution in [0.5, 0.6) is 0 Å². The number of rotatable bonds is 4. The summed E-state index contributed by atoms with van der Waals surface area (Å²) in [6, 6.07) is 15.1. The summed E-state index contributed by atoms with van der Waals surface area (Å²) in [6.07, 6.45) is 0. The number of hydrogen-bond acceptors (Lipinski definition) is 2. The molecule has 0 radical (unpaired) electrons. The number of carbonyl (C=O) groups excluding carboxylic acids is 1. The van der Waals surface area contributed by atoms with E-state index in [4.69, 9.17) is 11.6 Å². The molecule has 0 aliphatic carbocycles. The molecular weight excluding hydrogens is 296 g/mol. The van der Waals surface area contributed by atoms with Crippen LogP contribution in [-0.4, -0.2) is 20.0 Å². The van der Waals surface area contributed by atoms with Gasteiger partial charge in [-0.15, -0.1) is 0 Å². The van der Waals surface area contributed by atoms with Crippen molar-refractivity contribution >= 4 is 23.2 Å². The molecule has 1 amide bonds. The van der Waals surface area contributed by atoms with E-state index in [9.17, 15) is 4.79 Å². The number of halogens is 1. The predicted octanol–water partition coefficient (Wildman–Crippen LogP) is 4.07. The smallest absolute Gasteiger partial charge is 0.251 e. The summed E-state index contributed by atoms with van der Waals surface area (Å²) in [5.74, 6) is -0.102. The van der Waals surface area contributed by atoms with Gasteiger partial charge in [-0.05, 0) is 55.8 Å². The van der Waals surface area contributed by atoms with E-state index in [0.29, 0.717) is 10.6 Å². The number of benzene rings is 2. The highest BCUT2D eigenvalue weighted by Crippen LogP contribution is 2.23. The van der Waals surface area contributed by atoms with Crippen LogP contribution in [0.25, 0.3) is 0 Å². The molecule has 0 saturated carbocycles. The van der Waals surface area contributed by atoms with Crippen molar-refractivity contribution in [2.45, 2.75) is 19.4 Å². The first-order valence-corrected chi connectivity index (χ1v) is 7.53. The van der Waals surface area contributed by atoms with Gasteiger partial charge >= 0.3 is 0 Å². The highest BCUT2D eigenvalue weighted by atomic mass is 35.5. The van der Waals surface area contributed by atoms with Crippen molar-refractivity contribution in [3.8, 4) is 0 Å². The Kier molecular flexibility index (Phi) is 4.77. The third kappa shape index (κ3) is 3.80. The Labute approximate surface area is 136 Å². The second-order valence-electron chi connectivity index (χ2n) is 6.03. The van der Waals surface area contributed by atoms with Gasteiger partial charge in [0.25, 0.3) is 5.91 Å². The Morgan fingerprint density at radius 3 is 2.27 bits per heavy atom. The Hall–Kier alpha value is -2.00. The first-order chi connectivity index (χ1) is 10.3. The molecule has 0 aliphatic rings. The Morgan fingerprint density at radius 2 is 1.73 bits per heavy atom. The van der Waals surface area contributed by atoms with Crippen LogP contribution in [0, 0.1) is 0 Å². The van der Waals surface area contributed by atoms with Gasteiger partial charge in [-0.1, -0.05) is 23.7 Å². The van der Waals surface area contributed by atoms with Crippen molar-refractivity contribution in [3.05, 3.63) is 64.7 Å². The summed E-state index contributed by atoms with van der Waals surface area (Å²) in [5, 5.41) is 3.72. The molecule has 0 unspecified atom stereocenters. The van der Waals surface area contributed by atoms with Crippen molar-refractivity contribution in [3.63, 3.8) is 0 Å². The lowest BCUT2D eigenvalue weighted by molar-refractivity contribution is 0.0912. The van der Waals surface area contributed by atoms with Crippen LogP contribution in [0.3, 0.4) is 0 Å². The van der Waals surface area contributed by atoms with Crippen molar-refractivity contribution < 1.29 is 4.79 Å². The molecule has 1 N–H and O–H groups in total. The van der Waals surface area contributed by atoms with Crippen LogP contribution >= 0.6 is 11.6 Å². The van der Waals surface area contributed by atoms with Crippen LogP contribution in [0.15, 0.2) is 48.5 Å². The van der Waals surface area contributed by atoms with E-state index < -0.39 is 5.54 Å². The molecule has 0 saturated heterocycles. The van der Waals surface area contributed by atoms with E-state index in [0.717, 1.165) is 11.3 Å². The van der Waals surface area contributed by atoms with Crippen molar-refractivity contribution in [1.29, 1.82) is 0 Å². The third-order valence-electron chi connectivity index (χ3n) is 3.62. The van der Waals surface area contributed by atoms with Gasteiger partial charge in [0.15, 0.2) is 0 Å². The number of hydrogen-bond donors (Lipinski definition) is 1. The predicted molar refractivity (Wildman–Crippen MR) is 92.7 cm³/mol. The van der Waals surface area contributed by atoms with Gasteiger partial charge in [0.05, 0.1) is 5.54 Å². The molecular formula is C18H21ClN2O. The number of anilines is 1. The molecule has 3 nitrogen and oxygen atoms in total. The summed E-state index contributed by atoms with van der Waals surface area (Å²) < 4.78 is 0. The minimum atomic E-state index is -0.498. The zero-order valence-corrected chi connectivity index (χ0v) is 14.1. The Bertz CT molecular complexity index is 663. The molecule has 0 aliphatic heterocycles. The Balaban J connectivity index is 2.16. The van der Waals surface area contributed by atoms with Crippen LogP contribution in [0.4, 0.5) is 5.69 Å². The maximum Gasteiger partial charge on any atom is 0.251 e. The van der Waals surface area contributed by atoms with Crippen LogP contribution in [0.1, 0.15) is 29.8 Å². The number of nitrogens with zero attached hydrogens (tertiary/aromatic N) is 1. The van der Waals surface area contributed by atoms with Gasteiger partial charge in [0, 0.05) is 30.4 Å². The molecule has 2 aromatic rings. The lowest BCUT2D eigenvalue weighted by Crippen LogP contribution is -2.41. The topological polar surface area (TPSA) is 32.3 Å².